The lowest BCUT2D eigenvalue weighted by Crippen LogP contribution is -2.44. The van der Waals surface area contributed by atoms with Crippen LogP contribution in [0.5, 0.6) is 0 Å². The molecule has 3 N–H and O–H groups in total. The first-order valence-corrected chi connectivity index (χ1v) is 9.74. The number of rotatable bonds is 10. The summed E-state index contributed by atoms with van der Waals surface area (Å²) in [5.41, 5.74) is 2.36. The van der Waals surface area contributed by atoms with Crippen molar-refractivity contribution in [1.29, 1.82) is 0 Å². The summed E-state index contributed by atoms with van der Waals surface area (Å²) >= 11 is 0. The predicted octanol–water partition coefficient (Wildman–Crippen LogP) is 3.77. The minimum absolute atomic E-state index is 0.00857. The Morgan fingerprint density at radius 2 is 2.00 bits per heavy atom. The molecular weight excluding hydrogens is 342 g/mol. The zero-order valence-corrected chi connectivity index (χ0v) is 16.5. The van der Waals surface area contributed by atoms with Crippen LogP contribution >= 0.6 is 0 Å². The quantitative estimate of drug-likeness (QED) is 0.593. The number of alkyl carbamates (subject to hydrolysis) is 1. The molecule has 148 valence electrons. The Hall–Kier alpha value is -2.50. The van der Waals surface area contributed by atoms with Gasteiger partial charge >= 0.3 is 6.09 Å². The number of hydrogen-bond acceptors (Lipinski definition) is 3. The molecule has 0 saturated carbocycles. The SMILES string of the molecule is CCOC(=O)NC(CNC(=O)CCCc1c[nH]c2ccccc12)CC(C)C. The molecule has 1 aromatic carbocycles. The van der Waals surface area contributed by atoms with Crippen molar-refractivity contribution in [2.45, 2.75) is 52.5 Å². The Morgan fingerprint density at radius 3 is 2.74 bits per heavy atom. The van der Waals surface area contributed by atoms with Crippen LogP contribution in [0.2, 0.25) is 0 Å². The minimum Gasteiger partial charge on any atom is -0.450 e. The molecule has 1 heterocycles. The van der Waals surface area contributed by atoms with E-state index < -0.39 is 6.09 Å². The third kappa shape index (κ3) is 6.96. The van der Waals surface area contributed by atoms with Crippen LogP contribution in [-0.4, -0.2) is 36.2 Å². The first-order valence-electron chi connectivity index (χ1n) is 9.74. The number of ether oxygens (including phenoxy) is 1. The molecule has 1 aromatic heterocycles. The molecular formula is C21H31N3O3. The summed E-state index contributed by atoms with van der Waals surface area (Å²) in [7, 11) is 0. The Labute approximate surface area is 161 Å². The second kappa shape index (κ2) is 10.6. The number of amides is 2. The topological polar surface area (TPSA) is 83.2 Å². The van der Waals surface area contributed by atoms with Crippen LogP contribution in [0.25, 0.3) is 10.9 Å². The highest BCUT2D eigenvalue weighted by atomic mass is 16.5. The van der Waals surface area contributed by atoms with Crippen LogP contribution < -0.4 is 10.6 Å². The molecule has 0 aliphatic rings. The summed E-state index contributed by atoms with van der Waals surface area (Å²) in [5.74, 6) is 0.421. The number of carbonyl (C=O) groups is 2. The van der Waals surface area contributed by atoms with E-state index >= 15 is 0 Å². The highest BCUT2D eigenvalue weighted by Gasteiger charge is 2.16. The van der Waals surface area contributed by atoms with Gasteiger partial charge in [0.15, 0.2) is 0 Å². The minimum atomic E-state index is -0.434. The molecule has 0 radical (unpaired) electrons. The second-order valence-electron chi connectivity index (χ2n) is 7.21. The van der Waals surface area contributed by atoms with Crippen LogP contribution in [0, 0.1) is 5.92 Å². The molecule has 2 aromatic rings. The number of para-hydroxylation sites is 1. The maximum absolute atomic E-state index is 12.2. The van der Waals surface area contributed by atoms with E-state index in [2.05, 4.69) is 41.6 Å². The van der Waals surface area contributed by atoms with E-state index in [1.54, 1.807) is 6.92 Å². The van der Waals surface area contributed by atoms with Crippen molar-refractivity contribution < 1.29 is 14.3 Å². The highest BCUT2D eigenvalue weighted by Crippen LogP contribution is 2.19. The largest absolute Gasteiger partial charge is 0.450 e. The van der Waals surface area contributed by atoms with Crippen molar-refractivity contribution in [3.05, 3.63) is 36.0 Å². The van der Waals surface area contributed by atoms with Crippen molar-refractivity contribution in [2.75, 3.05) is 13.2 Å². The van der Waals surface area contributed by atoms with Gasteiger partial charge in [0.1, 0.15) is 0 Å². The average Bonchev–Trinajstić information content (AvgIpc) is 3.03. The zero-order chi connectivity index (χ0) is 19.6. The lowest BCUT2D eigenvalue weighted by atomic mass is 10.0. The van der Waals surface area contributed by atoms with E-state index in [9.17, 15) is 9.59 Å². The molecule has 0 aliphatic carbocycles. The Morgan fingerprint density at radius 1 is 1.22 bits per heavy atom. The smallest absolute Gasteiger partial charge is 0.407 e. The maximum atomic E-state index is 12.2. The summed E-state index contributed by atoms with van der Waals surface area (Å²) in [5, 5.41) is 6.98. The normalized spacial score (nSPS) is 12.1. The molecule has 0 fully saturated rings. The Balaban J connectivity index is 1.75. The molecule has 1 unspecified atom stereocenters. The number of hydrogen-bond donors (Lipinski definition) is 3. The summed E-state index contributed by atoms with van der Waals surface area (Å²) in [4.78, 5) is 27.1. The number of carbonyl (C=O) groups excluding carboxylic acids is 2. The van der Waals surface area contributed by atoms with E-state index in [-0.39, 0.29) is 11.9 Å². The maximum Gasteiger partial charge on any atom is 0.407 e. The van der Waals surface area contributed by atoms with Gasteiger partial charge in [-0.1, -0.05) is 32.0 Å². The summed E-state index contributed by atoms with van der Waals surface area (Å²) in [6, 6.07) is 8.06. The lowest BCUT2D eigenvalue weighted by Gasteiger charge is -2.20. The zero-order valence-electron chi connectivity index (χ0n) is 16.5. The molecule has 0 aliphatic heterocycles. The number of benzene rings is 1. The van der Waals surface area contributed by atoms with Crippen molar-refractivity contribution >= 4 is 22.9 Å². The van der Waals surface area contributed by atoms with Crippen LogP contribution in [0.4, 0.5) is 4.79 Å². The van der Waals surface area contributed by atoms with Crippen LogP contribution in [0.1, 0.15) is 45.6 Å². The monoisotopic (exact) mass is 373 g/mol. The fraction of sp³-hybridized carbons (Fsp3) is 0.524. The van der Waals surface area contributed by atoms with Crippen molar-refractivity contribution in [3.63, 3.8) is 0 Å². The molecule has 2 amide bonds. The van der Waals surface area contributed by atoms with E-state index in [0.717, 1.165) is 24.8 Å². The van der Waals surface area contributed by atoms with Gasteiger partial charge < -0.3 is 20.4 Å². The molecule has 0 spiro atoms. The van der Waals surface area contributed by atoms with Gasteiger partial charge in [-0.2, -0.15) is 0 Å². The number of H-pyrrole nitrogens is 1. The van der Waals surface area contributed by atoms with Crippen molar-refractivity contribution in [3.8, 4) is 0 Å². The van der Waals surface area contributed by atoms with Crippen LogP contribution in [0.3, 0.4) is 0 Å². The molecule has 6 heteroatoms. The average molecular weight is 373 g/mol. The molecule has 0 saturated heterocycles. The van der Waals surface area contributed by atoms with Crippen molar-refractivity contribution in [1.82, 2.24) is 15.6 Å². The van der Waals surface area contributed by atoms with Gasteiger partial charge in [0.25, 0.3) is 0 Å². The molecule has 6 nitrogen and oxygen atoms in total. The third-order valence-electron chi connectivity index (χ3n) is 4.42. The van der Waals surface area contributed by atoms with Gasteiger partial charge in [-0.3, -0.25) is 4.79 Å². The number of aromatic nitrogens is 1. The predicted molar refractivity (Wildman–Crippen MR) is 108 cm³/mol. The Kier molecular flexibility index (Phi) is 8.17. The molecule has 2 rings (SSSR count). The lowest BCUT2D eigenvalue weighted by molar-refractivity contribution is -0.121. The molecule has 27 heavy (non-hydrogen) atoms. The number of aromatic amines is 1. The van der Waals surface area contributed by atoms with E-state index in [4.69, 9.17) is 4.74 Å². The second-order valence-corrected chi connectivity index (χ2v) is 7.21. The van der Waals surface area contributed by atoms with Gasteiger partial charge in [0, 0.05) is 36.1 Å². The third-order valence-corrected chi connectivity index (χ3v) is 4.42. The fourth-order valence-corrected chi connectivity index (χ4v) is 3.21. The Bertz CT molecular complexity index is 739. The molecule has 1 atom stereocenters. The summed E-state index contributed by atoms with van der Waals surface area (Å²) in [6.07, 6.45) is 4.48. The van der Waals surface area contributed by atoms with Crippen molar-refractivity contribution in [2.24, 2.45) is 5.92 Å². The number of nitrogens with one attached hydrogen (secondary N) is 3. The summed E-state index contributed by atoms with van der Waals surface area (Å²) < 4.78 is 4.94. The van der Waals surface area contributed by atoms with E-state index in [1.807, 2.05) is 18.3 Å². The first kappa shape index (κ1) is 20.8. The van der Waals surface area contributed by atoms with Crippen LogP contribution in [0.15, 0.2) is 30.5 Å². The van der Waals surface area contributed by atoms with Gasteiger partial charge in [-0.15, -0.1) is 0 Å². The van der Waals surface area contributed by atoms with Crippen LogP contribution in [-0.2, 0) is 16.0 Å². The standard InChI is InChI=1S/C21H31N3O3/c1-4-27-21(26)24-17(12-15(2)3)14-23-20(25)11-7-8-16-13-22-19-10-6-5-9-18(16)19/h5-6,9-10,13,15,17,22H,4,7-8,11-12,14H2,1-3H3,(H,23,25)(H,24,26). The van der Waals surface area contributed by atoms with E-state index in [0.29, 0.717) is 25.5 Å². The number of fused-ring (bicyclic) bond motifs is 1. The van der Waals surface area contributed by atoms with Gasteiger partial charge in [0.2, 0.25) is 5.91 Å². The molecule has 0 bridgehead atoms. The van der Waals surface area contributed by atoms with Gasteiger partial charge in [0.05, 0.1) is 6.61 Å². The first-order chi connectivity index (χ1) is 13.0. The fourth-order valence-electron chi connectivity index (χ4n) is 3.21. The van der Waals surface area contributed by atoms with Gasteiger partial charge in [-0.05, 0) is 43.7 Å². The van der Waals surface area contributed by atoms with E-state index in [1.165, 1.54) is 10.9 Å². The summed E-state index contributed by atoms with van der Waals surface area (Å²) in [6.45, 7) is 6.70. The van der Waals surface area contributed by atoms with Gasteiger partial charge in [-0.25, -0.2) is 4.79 Å². The number of aryl methyl sites for hydroxylation is 1. The highest BCUT2D eigenvalue weighted by molar-refractivity contribution is 5.83.